The average molecular weight is 338 g/mol. The van der Waals surface area contributed by atoms with Crippen molar-refractivity contribution in [3.63, 3.8) is 0 Å². The number of hydrogen-bond acceptors (Lipinski definition) is 5. The quantitative estimate of drug-likeness (QED) is 0.832. The van der Waals surface area contributed by atoms with Crippen molar-refractivity contribution in [2.75, 3.05) is 32.8 Å². The zero-order chi connectivity index (χ0) is 16.4. The van der Waals surface area contributed by atoms with Crippen molar-refractivity contribution >= 4 is 16.0 Å². The molecule has 1 N–H and O–H groups in total. The molecular weight excluding hydrogens is 316 g/mol. The summed E-state index contributed by atoms with van der Waals surface area (Å²) >= 11 is 0. The van der Waals surface area contributed by atoms with Crippen LogP contribution in [0.5, 0.6) is 0 Å². The third kappa shape index (κ3) is 3.27. The summed E-state index contributed by atoms with van der Waals surface area (Å²) in [6.45, 7) is 5.04. The van der Waals surface area contributed by atoms with Crippen LogP contribution in [0.25, 0.3) is 0 Å². The molecule has 2 atom stereocenters. The van der Waals surface area contributed by atoms with Crippen LogP contribution in [0.1, 0.15) is 23.7 Å². The molecular formula is C16H22N2O4S. The van der Waals surface area contributed by atoms with E-state index in [0.717, 1.165) is 19.5 Å². The average Bonchev–Trinajstić information content (AvgIpc) is 3.03. The van der Waals surface area contributed by atoms with Gasteiger partial charge in [-0.05, 0) is 62.5 Å². The molecule has 1 aromatic rings. The van der Waals surface area contributed by atoms with E-state index in [1.807, 2.05) is 0 Å². The van der Waals surface area contributed by atoms with Crippen molar-refractivity contribution < 1.29 is 17.9 Å². The van der Waals surface area contributed by atoms with Crippen molar-refractivity contribution in [2.45, 2.75) is 18.2 Å². The molecule has 7 heteroatoms. The molecule has 0 radical (unpaired) electrons. The Morgan fingerprint density at radius 3 is 2.65 bits per heavy atom. The van der Waals surface area contributed by atoms with Gasteiger partial charge >= 0.3 is 5.97 Å². The van der Waals surface area contributed by atoms with Gasteiger partial charge in [-0.1, -0.05) is 0 Å². The lowest BCUT2D eigenvalue weighted by Crippen LogP contribution is -2.43. The SMILES string of the molecule is CCOC(=O)c1ccc(S(=O)(=O)N2CCC3CNCC3C2)cc1. The van der Waals surface area contributed by atoms with Gasteiger partial charge in [-0.2, -0.15) is 4.31 Å². The van der Waals surface area contributed by atoms with Crippen LogP contribution >= 0.6 is 0 Å². The molecule has 3 rings (SSSR count). The second-order valence-corrected chi connectivity index (χ2v) is 8.01. The molecule has 0 bridgehead atoms. The summed E-state index contributed by atoms with van der Waals surface area (Å²) < 4.78 is 32.0. The molecule has 23 heavy (non-hydrogen) atoms. The number of benzene rings is 1. The number of esters is 1. The Morgan fingerprint density at radius 1 is 1.26 bits per heavy atom. The first-order valence-electron chi connectivity index (χ1n) is 8.00. The van der Waals surface area contributed by atoms with Crippen LogP contribution in [0.2, 0.25) is 0 Å². The molecule has 126 valence electrons. The number of sulfonamides is 1. The zero-order valence-corrected chi connectivity index (χ0v) is 14.0. The molecule has 1 aromatic carbocycles. The number of nitrogens with zero attached hydrogens (tertiary/aromatic N) is 1. The highest BCUT2D eigenvalue weighted by Crippen LogP contribution is 2.30. The molecule has 0 amide bonds. The van der Waals surface area contributed by atoms with Crippen LogP contribution in [0.4, 0.5) is 0 Å². The topological polar surface area (TPSA) is 75.7 Å². The first kappa shape index (κ1) is 16.4. The van der Waals surface area contributed by atoms with E-state index in [1.165, 1.54) is 24.3 Å². The fourth-order valence-corrected chi connectivity index (χ4v) is 4.86. The molecule has 2 aliphatic heterocycles. The van der Waals surface area contributed by atoms with Gasteiger partial charge < -0.3 is 10.1 Å². The van der Waals surface area contributed by atoms with Gasteiger partial charge in [-0.3, -0.25) is 0 Å². The fraction of sp³-hybridized carbons (Fsp3) is 0.562. The molecule has 2 saturated heterocycles. The largest absolute Gasteiger partial charge is 0.462 e. The Hall–Kier alpha value is -1.44. The van der Waals surface area contributed by atoms with Gasteiger partial charge in [-0.25, -0.2) is 13.2 Å². The molecule has 0 aliphatic carbocycles. The summed E-state index contributed by atoms with van der Waals surface area (Å²) in [4.78, 5) is 11.9. The predicted molar refractivity (Wildman–Crippen MR) is 85.6 cm³/mol. The third-order valence-corrected chi connectivity index (χ3v) is 6.55. The van der Waals surface area contributed by atoms with E-state index < -0.39 is 16.0 Å². The number of rotatable bonds is 4. The van der Waals surface area contributed by atoms with Gasteiger partial charge in [0.25, 0.3) is 0 Å². The number of nitrogens with one attached hydrogen (secondary N) is 1. The van der Waals surface area contributed by atoms with E-state index in [-0.39, 0.29) is 4.90 Å². The third-order valence-electron chi connectivity index (χ3n) is 4.67. The highest BCUT2D eigenvalue weighted by molar-refractivity contribution is 7.89. The maximum absolute atomic E-state index is 12.8. The molecule has 2 fully saturated rings. The molecule has 2 heterocycles. The molecule has 6 nitrogen and oxygen atoms in total. The molecule has 0 saturated carbocycles. The van der Waals surface area contributed by atoms with Crippen LogP contribution in [0, 0.1) is 11.8 Å². The Bertz CT molecular complexity index is 672. The number of fused-ring (bicyclic) bond motifs is 1. The Balaban J connectivity index is 1.75. The molecule has 0 spiro atoms. The smallest absolute Gasteiger partial charge is 0.338 e. The predicted octanol–water partition coefficient (Wildman–Crippen LogP) is 1.09. The van der Waals surface area contributed by atoms with Gasteiger partial charge in [0.15, 0.2) is 0 Å². The van der Waals surface area contributed by atoms with Gasteiger partial charge in [0.1, 0.15) is 0 Å². The second-order valence-electron chi connectivity index (χ2n) is 6.07. The van der Waals surface area contributed by atoms with Crippen LogP contribution < -0.4 is 5.32 Å². The van der Waals surface area contributed by atoms with E-state index in [2.05, 4.69) is 5.32 Å². The van der Waals surface area contributed by atoms with Crippen molar-refractivity contribution in [3.05, 3.63) is 29.8 Å². The number of carbonyl (C=O) groups is 1. The van der Waals surface area contributed by atoms with Gasteiger partial charge in [0, 0.05) is 13.1 Å². The summed E-state index contributed by atoms with van der Waals surface area (Å²) in [5.74, 6) is 0.555. The van der Waals surface area contributed by atoms with Gasteiger partial charge in [-0.15, -0.1) is 0 Å². The van der Waals surface area contributed by atoms with Crippen molar-refractivity contribution in [1.29, 1.82) is 0 Å². The van der Waals surface area contributed by atoms with Crippen molar-refractivity contribution in [1.82, 2.24) is 9.62 Å². The minimum atomic E-state index is -3.50. The van der Waals surface area contributed by atoms with E-state index in [9.17, 15) is 13.2 Å². The monoisotopic (exact) mass is 338 g/mol. The Labute approximate surface area is 136 Å². The Kier molecular flexibility index (Phi) is 4.70. The fourth-order valence-electron chi connectivity index (χ4n) is 3.35. The number of carbonyl (C=O) groups excluding carboxylic acids is 1. The summed E-state index contributed by atoms with van der Waals surface area (Å²) in [6, 6.07) is 5.99. The van der Waals surface area contributed by atoms with E-state index in [4.69, 9.17) is 4.74 Å². The summed E-state index contributed by atoms with van der Waals surface area (Å²) in [5.41, 5.74) is 0.365. The molecule has 2 unspecified atom stereocenters. The summed E-state index contributed by atoms with van der Waals surface area (Å²) in [7, 11) is -3.50. The first-order chi connectivity index (χ1) is 11.0. The van der Waals surface area contributed by atoms with Crippen molar-refractivity contribution in [3.8, 4) is 0 Å². The van der Waals surface area contributed by atoms with Crippen LogP contribution in [-0.2, 0) is 14.8 Å². The lowest BCUT2D eigenvalue weighted by molar-refractivity contribution is 0.0526. The summed E-state index contributed by atoms with van der Waals surface area (Å²) in [5, 5.41) is 3.34. The highest BCUT2D eigenvalue weighted by Gasteiger charge is 2.37. The normalized spacial score (nSPS) is 25.1. The standard InChI is InChI=1S/C16H22N2O4S/c1-2-22-16(19)12-3-5-15(6-4-12)23(20,21)18-8-7-13-9-17-10-14(13)11-18/h3-6,13-14,17H,2,7-11H2,1H3. The zero-order valence-electron chi connectivity index (χ0n) is 13.2. The number of hydrogen-bond donors (Lipinski definition) is 1. The van der Waals surface area contributed by atoms with E-state index in [0.29, 0.717) is 37.1 Å². The molecule has 0 aromatic heterocycles. The maximum atomic E-state index is 12.8. The minimum absolute atomic E-state index is 0.231. The molecule has 2 aliphatic rings. The summed E-state index contributed by atoms with van der Waals surface area (Å²) in [6.07, 6.45) is 0.901. The number of ether oxygens (including phenoxy) is 1. The van der Waals surface area contributed by atoms with E-state index in [1.54, 1.807) is 11.2 Å². The van der Waals surface area contributed by atoms with Crippen LogP contribution in [-0.4, -0.2) is 51.5 Å². The lowest BCUT2D eigenvalue weighted by atomic mass is 9.90. The van der Waals surface area contributed by atoms with Crippen LogP contribution in [0.15, 0.2) is 29.2 Å². The highest BCUT2D eigenvalue weighted by atomic mass is 32.2. The maximum Gasteiger partial charge on any atom is 0.338 e. The van der Waals surface area contributed by atoms with E-state index >= 15 is 0 Å². The minimum Gasteiger partial charge on any atom is -0.462 e. The van der Waals surface area contributed by atoms with Crippen LogP contribution in [0.3, 0.4) is 0 Å². The van der Waals surface area contributed by atoms with Gasteiger partial charge in [0.05, 0.1) is 17.1 Å². The number of piperidine rings is 1. The van der Waals surface area contributed by atoms with Gasteiger partial charge in [0.2, 0.25) is 10.0 Å². The first-order valence-corrected chi connectivity index (χ1v) is 9.44. The van der Waals surface area contributed by atoms with Crippen molar-refractivity contribution in [2.24, 2.45) is 11.8 Å². The lowest BCUT2D eigenvalue weighted by Gasteiger charge is -2.33. The second kappa shape index (κ2) is 6.59. The Morgan fingerprint density at radius 2 is 1.96 bits per heavy atom.